The van der Waals surface area contributed by atoms with Crippen molar-refractivity contribution in [1.82, 2.24) is 19.9 Å². The lowest BCUT2D eigenvalue weighted by Gasteiger charge is -2.28. The maximum Gasteiger partial charge on any atom is 0.246 e. The number of aromatic nitrogens is 3. The molecule has 2 aromatic heterocycles. The first-order valence-electron chi connectivity index (χ1n) is 10.7. The fourth-order valence-corrected chi connectivity index (χ4v) is 4.29. The van der Waals surface area contributed by atoms with Crippen molar-refractivity contribution in [1.29, 1.82) is 0 Å². The van der Waals surface area contributed by atoms with Gasteiger partial charge in [0.05, 0.1) is 5.75 Å². The van der Waals surface area contributed by atoms with Gasteiger partial charge in [-0.25, -0.2) is 9.97 Å². The van der Waals surface area contributed by atoms with E-state index in [4.69, 9.17) is 9.47 Å². The average Bonchev–Trinajstić information content (AvgIpc) is 3.28. The Morgan fingerprint density at radius 1 is 1.12 bits per heavy atom. The third-order valence-corrected chi connectivity index (χ3v) is 6.00. The number of nitrogens with zero attached hydrogens (tertiary/aromatic N) is 4. The maximum atomic E-state index is 13.3. The Morgan fingerprint density at radius 2 is 1.88 bits per heavy atom. The Balaban J connectivity index is 1.48. The van der Waals surface area contributed by atoms with Gasteiger partial charge in [0, 0.05) is 42.1 Å². The van der Waals surface area contributed by atoms with E-state index in [1.807, 2.05) is 26.0 Å². The molecule has 0 bridgehead atoms. The molecule has 3 heterocycles. The number of fused-ring (bicyclic) bond motifs is 1. The zero-order chi connectivity index (χ0) is 24.1. The standard InChI is InChI=1S/C24H25N5O4S/c1-15-9-16(2)27-24(26-15)34-13-22(30)29(12-18-5-4-8-25-11-18)17(3)23(31)28-19-6-7-20-21(10-19)33-14-32-20/h4-11,17H,12-14H2,1-3H3,(H,28,31)/t17-/m1/s1. The van der Waals surface area contributed by atoms with Crippen LogP contribution < -0.4 is 14.8 Å². The van der Waals surface area contributed by atoms with Gasteiger partial charge in [0.2, 0.25) is 18.6 Å². The number of benzene rings is 1. The molecule has 2 amide bonds. The van der Waals surface area contributed by atoms with E-state index in [0.29, 0.717) is 22.3 Å². The van der Waals surface area contributed by atoms with Crippen molar-refractivity contribution in [3.8, 4) is 11.5 Å². The molecule has 0 fully saturated rings. The van der Waals surface area contributed by atoms with E-state index in [2.05, 4.69) is 20.3 Å². The summed E-state index contributed by atoms with van der Waals surface area (Å²) in [5.41, 5.74) is 3.07. The number of hydrogen-bond donors (Lipinski definition) is 1. The summed E-state index contributed by atoms with van der Waals surface area (Å²) in [6, 6.07) is 9.99. The highest BCUT2D eigenvalue weighted by Crippen LogP contribution is 2.34. The molecule has 1 aliphatic heterocycles. The third kappa shape index (κ3) is 5.82. The van der Waals surface area contributed by atoms with E-state index in [1.165, 1.54) is 16.7 Å². The topological polar surface area (TPSA) is 107 Å². The second-order valence-corrected chi connectivity index (χ2v) is 8.78. The number of carbonyl (C=O) groups is 2. The molecule has 0 saturated carbocycles. The zero-order valence-electron chi connectivity index (χ0n) is 19.1. The number of ether oxygens (including phenoxy) is 2. The Hall–Kier alpha value is -3.66. The molecule has 9 nitrogen and oxygen atoms in total. The Bertz CT molecular complexity index is 1170. The highest BCUT2D eigenvalue weighted by atomic mass is 32.2. The van der Waals surface area contributed by atoms with Gasteiger partial charge < -0.3 is 19.7 Å². The lowest BCUT2D eigenvalue weighted by molar-refractivity contribution is -0.136. The molecular weight excluding hydrogens is 454 g/mol. The minimum Gasteiger partial charge on any atom is -0.454 e. The Kier molecular flexibility index (Phi) is 7.27. The summed E-state index contributed by atoms with van der Waals surface area (Å²) in [4.78, 5) is 40.8. The molecule has 3 aromatic rings. The second kappa shape index (κ2) is 10.5. The van der Waals surface area contributed by atoms with Crippen LogP contribution in [0.15, 0.2) is 53.9 Å². The predicted octanol–water partition coefficient (Wildman–Crippen LogP) is 3.37. The number of aryl methyl sites for hydroxylation is 2. The third-order valence-electron chi connectivity index (χ3n) is 5.17. The molecule has 4 rings (SSSR count). The summed E-state index contributed by atoms with van der Waals surface area (Å²) in [7, 11) is 0. The smallest absolute Gasteiger partial charge is 0.246 e. The number of anilines is 1. The van der Waals surface area contributed by atoms with Crippen LogP contribution in [0.1, 0.15) is 23.9 Å². The first-order valence-corrected chi connectivity index (χ1v) is 11.7. The molecule has 0 radical (unpaired) electrons. The van der Waals surface area contributed by atoms with Crippen LogP contribution in [-0.4, -0.2) is 50.3 Å². The molecular formula is C24H25N5O4S. The number of amides is 2. The van der Waals surface area contributed by atoms with Crippen molar-refractivity contribution >= 4 is 29.3 Å². The number of carbonyl (C=O) groups excluding carboxylic acids is 2. The van der Waals surface area contributed by atoms with Gasteiger partial charge in [-0.15, -0.1) is 0 Å². The van der Waals surface area contributed by atoms with Crippen molar-refractivity contribution in [2.75, 3.05) is 17.9 Å². The number of hydrogen-bond acceptors (Lipinski definition) is 8. The molecule has 0 saturated heterocycles. The first kappa shape index (κ1) is 23.5. The maximum absolute atomic E-state index is 13.3. The summed E-state index contributed by atoms with van der Waals surface area (Å²) in [6.07, 6.45) is 3.35. The molecule has 0 aliphatic carbocycles. The molecule has 0 unspecified atom stereocenters. The molecule has 34 heavy (non-hydrogen) atoms. The molecule has 10 heteroatoms. The summed E-state index contributed by atoms with van der Waals surface area (Å²) in [5, 5.41) is 3.40. The summed E-state index contributed by atoms with van der Waals surface area (Å²) >= 11 is 1.25. The average molecular weight is 480 g/mol. The van der Waals surface area contributed by atoms with E-state index in [0.717, 1.165) is 17.0 Å². The van der Waals surface area contributed by atoms with Crippen molar-refractivity contribution in [2.45, 2.75) is 38.5 Å². The highest BCUT2D eigenvalue weighted by molar-refractivity contribution is 7.99. The summed E-state index contributed by atoms with van der Waals surface area (Å²) in [6.45, 7) is 5.87. The van der Waals surface area contributed by atoms with Crippen molar-refractivity contribution in [2.24, 2.45) is 0 Å². The Morgan fingerprint density at radius 3 is 2.62 bits per heavy atom. The van der Waals surface area contributed by atoms with Crippen LogP contribution in [0.3, 0.4) is 0 Å². The van der Waals surface area contributed by atoms with Gasteiger partial charge in [-0.1, -0.05) is 17.8 Å². The Labute approximate surface area is 201 Å². The molecule has 1 atom stereocenters. The van der Waals surface area contributed by atoms with E-state index < -0.39 is 6.04 Å². The predicted molar refractivity (Wildman–Crippen MR) is 128 cm³/mol. The summed E-state index contributed by atoms with van der Waals surface area (Å²) in [5.74, 6) is 0.780. The van der Waals surface area contributed by atoms with Crippen molar-refractivity contribution in [3.05, 3.63) is 65.7 Å². The first-order chi connectivity index (χ1) is 16.4. The normalized spacial score (nSPS) is 12.8. The minimum absolute atomic E-state index is 0.102. The van der Waals surface area contributed by atoms with E-state index in [9.17, 15) is 9.59 Å². The number of thioether (sulfide) groups is 1. The lowest BCUT2D eigenvalue weighted by atomic mass is 10.2. The van der Waals surface area contributed by atoms with Crippen LogP contribution in [0.5, 0.6) is 11.5 Å². The van der Waals surface area contributed by atoms with Gasteiger partial charge in [0.25, 0.3) is 0 Å². The molecule has 0 spiro atoms. The van der Waals surface area contributed by atoms with Crippen LogP contribution in [0.4, 0.5) is 5.69 Å². The highest BCUT2D eigenvalue weighted by Gasteiger charge is 2.27. The number of nitrogens with one attached hydrogen (secondary N) is 1. The largest absolute Gasteiger partial charge is 0.454 e. The van der Waals surface area contributed by atoms with Crippen LogP contribution >= 0.6 is 11.8 Å². The molecule has 176 valence electrons. The van der Waals surface area contributed by atoms with Gasteiger partial charge in [0.1, 0.15) is 6.04 Å². The van der Waals surface area contributed by atoms with Crippen molar-refractivity contribution in [3.63, 3.8) is 0 Å². The van der Waals surface area contributed by atoms with Crippen LogP contribution in [-0.2, 0) is 16.1 Å². The van der Waals surface area contributed by atoms with Gasteiger partial charge in [-0.2, -0.15) is 0 Å². The number of rotatable bonds is 8. The van der Waals surface area contributed by atoms with Crippen molar-refractivity contribution < 1.29 is 19.1 Å². The fraction of sp³-hybridized carbons (Fsp3) is 0.292. The van der Waals surface area contributed by atoms with Gasteiger partial charge in [-0.3, -0.25) is 14.6 Å². The molecule has 1 aromatic carbocycles. The van der Waals surface area contributed by atoms with E-state index in [-0.39, 0.29) is 30.9 Å². The molecule has 1 aliphatic rings. The number of pyridine rings is 1. The SMILES string of the molecule is Cc1cc(C)nc(SCC(=O)N(Cc2cccnc2)[C@H](C)C(=O)Nc2ccc3c(c2)OCO3)n1. The van der Waals surface area contributed by atoms with Crippen LogP contribution in [0.2, 0.25) is 0 Å². The van der Waals surface area contributed by atoms with E-state index >= 15 is 0 Å². The minimum atomic E-state index is -0.737. The monoisotopic (exact) mass is 479 g/mol. The molecule has 1 N–H and O–H groups in total. The summed E-state index contributed by atoms with van der Waals surface area (Å²) < 4.78 is 10.7. The fourth-order valence-electron chi connectivity index (χ4n) is 3.46. The zero-order valence-corrected chi connectivity index (χ0v) is 20.0. The van der Waals surface area contributed by atoms with Crippen LogP contribution in [0, 0.1) is 13.8 Å². The van der Waals surface area contributed by atoms with Gasteiger partial charge in [0.15, 0.2) is 16.7 Å². The van der Waals surface area contributed by atoms with Gasteiger partial charge in [-0.05, 0) is 50.6 Å². The lowest BCUT2D eigenvalue weighted by Crippen LogP contribution is -2.46. The second-order valence-electron chi connectivity index (χ2n) is 7.84. The van der Waals surface area contributed by atoms with Gasteiger partial charge >= 0.3 is 0 Å². The van der Waals surface area contributed by atoms with Crippen LogP contribution in [0.25, 0.3) is 0 Å². The van der Waals surface area contributed by atoms with E-state index in [1.54, 1.807) is 43.6 Å². The quantitative estimate of drug-likeness (QED) is 0.387.